The first kappa shape index (κ1) is 6.69. The van der Waals surface area contributed by atoms with Gasteiger partial charge in [-0.15, -0.1) is 0 Å². The minimum atomic E-state index is 0.638. The van der Waals surface area contributed by atoms with Gasteiger partial charge in [0, 0.05) is 0 Å². The van der Waals surface area contributed by atoms with E-state index in [1.165, 1.54) is 12.8 Å². The summed E-state index contributed by atoms with van der Waals surface area (Å²) in [5, 5.41) is 0. The summed E-state index contributed by atoms with van der Waals surface area (Å²) in [7, 11) is 0. The van der Waals surface area contributed by atoms with Gasteiger partial charge in [0.25, 0.3) is 0 Å². The zero-order chi connectivity index (χ0) is 7.35. The van der Waals surface area contributed by atoms with E-state index in [4.69, 9.17) is 0 Å². The molecule has 0 aliphatic heterocycles. The van der Waals surface area contributed by atoms with Gasteiger partial charge in [0.05, 0.1) is 0 Å². The average Bonchev–Trinajstić information content (AvgIpc) is 2.20. The van der Waals surface area contributed by atoms with E-state index >= 15 is 0 Å². The predicted molar refractivity (Wildman–Crippen MR) is 43.5 cm³/mol. The van der Waals surface area contributed by atoms with Crippen molar-refractivity contribution in [2.45, 2.75) is 33.6 Å². The maximum atomic E-state index is 2.55. The summed E-state index contributed by atoms with van der Waals surface area (Å²) in [5.41, 5.74) is 0.638. The Morgan fingerprint density at radius 1 is 1.40 bits per heavy atom. The van der Waals surface area contributed by atoms with Crippen molar-refractivity contribution in [3.05, 3.63) is 6.42 Å². The predicted octanol–water partition coefficient (Wildman–Crippen LogP) is 2.89. The highest BCUT2D eigenvalue weighted by molar-refractivity contribution is 5.08. The van der Waals surface area contributed by atoms with Crippen LogP contribution in [-0.2, 0) is 0 Å². The molecule has 2 saturated carbocycles. The Morgan fingerprint density at radius 3 is 2.30 bits per heavy atom. The smallest absolute Gasteiger partial charge is 0.0292 e. The maximum Gasteiger partial charge on any atom is -0.0292 e. The molecule has 3 atom stereocenters. The Balaban J connectivity index is 2.27. The Hall–Kier alpha value is 0. The lowest BCUT2D eigenvalue weighted by atomic mass is 9.80. The summed E-state index contributed by atoms with van der Waals surface area (Å²) in [4.78, 5) is 0. The van der Waals surface area contributed by atoms with Gasteiger partial charge in [-0.1, -0.05) is 20.8 Å². The largest absolute Gasteiger partial charge is 0.0622 e. The minimum Gasteiger partial charge on any atom is -0.0622 e. The summed E-state index contributed by atoms with van der Waals surface area (Å²) in [6, 6.07) is 0. The molecular formula is C10H17. The van der Waals surface area contributed by atoms with Crippen molar-refractivity contribution in [3.63, 3.8) is 0 Å². The van der Waals surface area contributed by atoms with Crippen LogP contribution in [0, 0.1) is 29.6 Å². The molecule has 0 heteroatoms. The van der Waals surface area contributed by atoms with E-state index in [9.17, 15) is 0 Å². The monoisotopic (exact) mass is 137 g/mol. The second-order valence-electron chi connectivity index (χ2n) is 4.73. The van der Waals surface area contributed by atoms with Crippen molar-refractivity contribution in [3.8, 4) is 0 Å². The third kappa shape index (κ3) is 0.627. The Labute approximate surface area is 64.0 Å². The molecule has 0 amide bonds. The van der Waals surface area contributed by atoms with Crippen LogP contribution in [0.5, 0.6) is 0 Å². The van der Waals surface area contributed by atoms with Gasteiger partial charge in [-0.25, -0.2) is 0 Å². The molecule has 0 N–H and O–H groups in total. The van der Waals surface area contributed by atoms with Crippen LogP contribution in [0.2, 0.25) is 0 Å². The van der Waals surface area contributed by atoms with Crippen LogP contribution in [0.3, 0.4) is 0 Å². The molecule has 1 radical (unpaired) electrons. The normalized spacial score (nSPS) is 50.1. The zero-order valence-electron chi connectivity index (χ0n) is 7.22. The van der Waals surface area contributed by atoms with Crippen LogP contribution in [0.25, 0.3) is 0 Å². The first-order chi connectivity index (χ1) is 4.62. The number of hydrogen-bond donors (Lipinski definition) is 0. The lowest BCUT2D eigenvalue weighted by molar-refractivity contribution is 0.256. The molecule has 3 unspecified atom stereocenters. The quantitative estimate of drug-likeness (QED) is 0.481. The van der Waals surface area contributed by atoms with Gasteiger partial charge >= 0.3 is 0 Å². The SMILES string of the molecule is CC1CC2C[CH]C1C2(C)C. The zero-order valence-corrected chi connectivity index (χ0v) is 7.22. The fourth-order valence-corrected chi connectivity index (χ4v) is 3.15. The Bertz CT molecular complexity index is 146. The number of fused-ring (bicyclic) bond motifs is 2. The average molecular weight is 137 g/mol. The summed E-state index contributed by atoms with van der Waals surface area (Å²) < 4.78 is 0. The van der Waals surface area contributed by atoms with E-state index in [1.807, 2.05) is 0 Å². The molecular weight excluding hydrogens is 120 g/mol. The second-order valence-corrected chi connectivity index (χ2v) is 4.73. The first-order valence-corrected chi connectivity index (χ1v) is 4.45. The first-order valence-electron chi connectivity index (χ1n) is 4.45. The highest BCUT2D eigenvalue weighted by atomic mass is 14.6. The topological polar surface area (TPSA) is 0 Å². The highest BCUT2D eigenvalue weighted by Crippen LogP contribution is 2.59. The molecule has 2 fully saturated rings. The summed E-state index contributed by atoms with van der Waals surface area (Å²) in [6.07, 6.45) is 5.43. The molecule has 0 heterocycles. The van der Waals surface area contributed by atoms with Crippen molar-refractivity contribution in [2.24, 2.45) is 23.2 Å². The fourth-order valence-electron chi connectivity index (χ4n) is 3.15. The lowest BCUT2D eigenvalue weighted by Gasteiger charge is -2.24. The van der Waals surface area contributed by atoms with Crippen molar-refractivity contribution in [2.75, 3.05) is 0 Å². The van der Waals surface area contributed by atoms with E-state index in [0.717, 1.165) is 17.8 Å². The molecule has 2 aliphatic rings. The van der Waals surface area contributed by atoms with Gasteiger partial charge in [-0.2, -0.15) is 0 Å². The van der Waals surface area contributed by atoms with Crippen molar-refractivity contribution in [1.82, 2.24) is 0 Å². The van der Waals surface area contributed by atoms with Crippen molar-refractivity contribution >= 4 is 0 Å². The molecule has 0 aromatic carbocycles. The van der Waals surface area contributed by atoms with Crippen LogP contribution in [0.1, 0.15) is 33.6 Å². The standard InChI is InChI=1S/C10H17/c1-7-6-8-4-5-9(7)10(8,2)3/h5,7-9H,4,6H2,1-3H3. The number of hydrogen-bond acceptors (Lipinski definition) is 0. The van der Waals surface area contributed by atoms with Gasteiger partial charge < -0.3 is 0 Å². The summed E-state index contributed by atoms with van der Waals surface area (Å²) in [5.74, 6) is 2.90. The maximum absolute atomic E-state index is 2.55. The molecule has 0 aromatic rings. The minimum absolute atomic E-state index is 0.638. The molecule has 57 valence electrons. The summed E-state index contributed by atoms with van der Waals surface area (Å²) in [6.45, 7) is 7.28. The van der Waals surface area contributed by atoms with Crippen LogP contribution in [-0.4, -0.2) is 0 Å². The van der Waals surface area contributed by atoms with Crippen molar-refractivity contribution in [1.29, 1.82) is 0 Å². The van der Waals surface area contributed by atoms with Gasteiger partial charge in [-0.05, 0) is 42.4 Å². The third-order valence-corrected chi connectivity index (χ3v) is 3.86. The Kier molecular flexibility index (Phi) is 1.19. The molecule has 2 rings (SSSR count). The molecule has 2 aliphatic carbocycles. The van der Waals surface area contributed by atoms with Crippen LogP contribution in [0.15, 0.2) is 0 Å². The van der Waals surface area contributed by atoms with E-state index in [1.54, 1.807) is 0 Å². The molecule has 0 aromatic heterocycles. The number of rotatable bonds is 0. The second kappa shape index (κ2) is 1.78. The van der Waals surface area contributed by atoms with Crippen LogP contribution in [0.4, 0.5) is 0 Å². The third-order valence-electron chi connectivity index (χ3n) is 3.86. The fraction of sp³-hybridized carbons (Fsp3) is 0.900. The highest BCUT2D eigenvalue weighted by Gasteiger charge is 2.51. The molecule has 0 nitrogen and oxygen atoms in total. The van der Waals surface area contributed by atoms with Gasteiger partial charge in [-0.3, -0.25) is 0 Å². The molecule has 2 bridgehead atoms. The van der Waals surface area contributed by atoms with Crippen LogP contribution < -0.4 is 0 Å². The summed E-state index contributed by atoms with van der Waals surface area (Å²) >= 11 is 0. The van der Waals surface area contributed by atoms with Crippen LogP contribution >= 0.6 is 0 Å². The van der Waals surface area contributed by atoms with E-state index in [0.29, 0.717) is 5.41 Å². The van der Waals surface area contributed by atoms with E-state index in [-0.39, 0.29) is 0 Å². The van der Waals surface area contributed by atoms with Gasteiger partial charge in [0.15, 0.2) is 0 Å². The van der Waals surface area contributed by atoms with E-state index in [2.05, 4.69) is 27.2 Å². The van der Waals surface area contributed by atoms with Crippen molar-refractivity contribution < 1.29 is 0 Å². The molecule has 10 heavy (non-hydrogen) atoms. The molecule has 0 spiro atoms. The lowest BCUT2D eigenvalue weighted by Crippen LogP contribution is -2.18. The Morgan fingerprint density at radius 2 is 2.10 bits per heavy atom. The van der Waals surface area contributed by atoms with Gasteiger partial charge in [0.2, 0.25) is 0 Å². The molecule has 0 saturated heterocycles. The van der Waals surface area contributed by atoms with Gasteiger partial charge in [0.1, 0.15) is 0 Å². The van der Waals surface area contributed by atoms with E-state index < -0.39 is 0 Å².